The van der Waals surface area contributed by atoms with E-state index in [0.29, 0.717) is 19.3 Å². The van der Waals surface area contributed by atoms with E-state index in [-0.39, 0.29) is 31.1 Å². The van der Waals surface area contributed by atoms with Gasteiger partial charge in [-0.2, -0.15) is 0 Å². The molecule has 6 nitrogen and oxygen atoms in total. The predicted molar refractivity (Wildman–Crippen MR) is 362 cm³/mol. The molecule has 0 N–H and O–H groups in total. The highest BCUT2D eigenvalue weighted by Gasteiger charge is 2.19. The summed E-state index contributed by atoms with van der Waals surface area (Å²) in [6.07, 6.45) is 96.9. The molecule has 6 heteroatoms. The molecule has 0 spiro atoms. The van der Waals surface area contributed by atoms with Gasteiger partial charge in [0.15, 0.2) is 6.10 Å². The van der Waals surface area contributed by atoms with E-state index in [4.69, 9.17) is 14.2 Å². The third-order valence-electron chi connectivity index (χ3n) is 15.2. The van der Waals surface area contributed by atoms with E-state index in [1.54, 1.807) is 0 Å². The highest BCUT2D eigenvalue weighted by atomic mass is 16.6. The second-order valence-electron chi connectivity index (χ2n) is 23.4. The van der Waals surface area contributed by atoms with Gasteiger partial charge in [0.25, 0.3) is 0 Å². The molecule has 0 aliphatic heterocycles. The van der Waals surface area contributed by atoms with Gasteiger partial charge in [0.05, 0.1) is 0 Å². The summed E-state index contributed by atoms with van der Waals surface area (Å²) in [5, 5.41) is 0. The highest BCUT2D eigenvalue weighted by molar-refractivity contribution is 5.71. The minimum Gasteiger partial charge on any atom is -0.462 e. The molecule has 0 saturated heterocycles. The van der Waals surface area contributed by atoms with Gasteiger partial charge in [0.1, 0.15) is 13.2 Å². The molecule has 0 aromatic heterocycles. The minimum absolute atomic E-state index is 0.0834. The van der Waals surface area contributed by atoms with Gasteiger partial charge in [0.2, 0.25) is 0 Å². The van der Waals surface area contributed by atoms with Crippen LogP contribution in [-0.2, 0) is 28.6 Å². The number of rotatable bonds is 64. The van der Waals surface area contributed by atoms with Gasteiger partial charge in [-0.15, -0.1) is 0 Å². The molecule has 0 aliphatic rings. The summed E-state index contributed by atoms with van der Waals surface area (Å²) in [5.41, 5.74) is 0. The SMILES string of the molecule is CC/C=C\C/C=C\C/C=C\C/C=C\C/C=C\C/C=C\C/C=C\CCCCCCCCCCCC(=O)OCC(COC(=O)CCCCCCC/C=C\C/C=C\CCC)OC(=O)CCCCCCCCCCCCCCCCCCCCCCC. The highest BCUT2D eigenvalue weighted by Crippen LogP contribution is 2.17. The Kier molecular flexibility index (Phi) is 67.2. The normalized spacial score (nSPS) is 12.8. The van der Waals surface area contributed by atoms with E-state index < -0.39 is 6.10 Å². The number of unbranched alkanes of at least 4 members (excludes halogenated alkanes) is 35. The van der Waals surface area contributed by atoms with Crippen LogP contribution >= 0.6 is 0 Å². The maximum absolute atomic E-state index is 13.0. The van der Waals surface area contributed by atoms with E-state index in [0.717, 1.165) is 141 Å². The molecule has 83 heavy (non-hydrogen) atoms. The summed E-state index contributed by atoms with van der Waals surface area (Å²) in [5.74, 6) is -0.888. The van der Waals surface area contributed by atoms with E-state index in [2.05, 4.69) is 130 Å². The fraction of sp³-hybridized carbons (Fsp3) is 0.727. The van der Waals surface area contributed by atoms with Crippen LogP contribution < -0.4 is 0 Å². The van der Waals surface area contributed by atoms with Crippen LogP contribution in [-0.4, -0.2) is 37.2 Å². The molecule has 0 bridgehead atoms. The molecule has 476 valence electrons. The maximum atomic E-state index is 13.0. The average molecular weight is 1150 g/mol. The van der Waals surface area contributed by atoms with Gasteiger partial charge in [-0.1, -0.05) is 329 Å². The van der Waals surface area contributed by atoms with Crippen molar-refractivity contribution in [3.63, 3.8) is 0 Å². The molecular weight excluding hydrogens is 1020 g/mol. The second-order valence-corrected chi connectivity index (χ2v) is 23.4. The maximum Gasteiger partial charge on any atom is 0.306 e. The van der Waals surface area contributed by atoms with Crippen molar-refractivity contribution < 1.29 is 28.6 Å². The average Bonchev–Trinajstić information content (AvgIpc) is 3.49. The van der Waals surface area contributed by atoms with Crippen LogP contribution in [0.15, 0.2) is 109 Å². The first kappa shape index (κ1) is 79.1. The lowest BCUT2D eigenvalue weighted by molar-refractivity contribution is -0.167. The number of ether oxygens (including phenoxy) is 3. The van der Waals surface area contributed by atoms with Gasteiger partial charge in [-0.3, -0.25) is 14.4 Å². The molecule has 0 amide bonds. The van der Waals surface area contributed by atoms with Crippen molar-refractivity contribution in [3.8, 4) is 0 Å². The zero-order valence-electron chi connectivity index (χ0n) is 54.7. The van der Waals surface area contributed by atoms with Crippen LogP contribution in [0.3, 0.4) is 0 Å². The lowest BCUT2D eigenvalue weighted by Gasteiger charge is -2.18. The van der Waals surface area contributed by atoms with Gasteiger partial charge < -0.3 is 14.2 Å². The van der Waals surface area contributed by atoms with Crippen molar-refractivity contribution >= 4 is 17.9 Å². The van der Waals surface area contributed by atoms with Crippen molar-refractivity contribution in [1.29, 1.82) is 0 Å². The zero-order chi connectivity index (χ0) is 59.9. The smallest absolute Gasteiger partial charge is 0.306 e. The Morgan fingerprint density at radius 1 is 0.253 bits per heavy atom. The number of hydrogen-bond donors (Lipinski definition) is 0. The number of allylic oxidation sites excluding steroid dienone is 18. The largest absolute Gasteiger partial charge is 0.462 e. The summed E-state index contributed by atoms with van der Waals surface area (Å²) in [4.78, 5) is 38.4. The molecule has 0 saturated carbocycles. The molecule has 1 unspecified atom stereocenters. The molecule has 0 aromatic rings. The van der Waals surface area contributed by atoms with E-state index in [9.17, 15) is 14.4 Å². The van der Waals surface area contributed by atoms with E-state index in [1.807, 2.05) is 0 Å². The van der Waals surface area contributed by atoms with Crippen LogP contribution in [0.1, 0.15) is 342 Å². The van der Waals surface area contributed by atoms with Crippen molar-refractivity contribution in [2.45, 2.75) is 348 Å². The Bertz CT molecular complexity index is 1660. The number of carbonyl (C=O) groups is 3. The van der Waals surface area contributed by atoms with E-state index >= 15 is 0 Å². The summed E-state index contributed by atoms with van der Waals surface area (Å²) >= 11 is 0. The summed E-state index contributed by atoms with van der Waals surface area (Å²) in [6.45, 7) is 6.49. The standard InChI is InChI=1S/C77H132O6/c1-4-7-10-13-16-19-22-25-27-29-31-33-34-35-36-37-38-39-40-41-42-44-45-47-49-52-55-58-61-64-67-70-76(79)82-73-74(72-81-75(78)69-66-63-60-57-54-51-24-21-18-15-12-9-6-3)83-77(80)71-68-65-62-59-56-53-50-48-46-43-32-30-28-26-23-20-17-14-11-8-5-2/h7,10,12,15-16,19,21,24-25,27,31,33,35-36,38-39,41-42,74H,4-6,8-9,11,13-14,17-18,20,22-23,26,28-30,32,34,37,40,43-73H2,1-3H3/b10-7-,15-12-,19-16-,24-21-,27-25-,33-31-,36-35-,39-38-,42-41-. The van der Waals surface area contributed by atoms with Crippen LogP contribution in [0.2, 0.25) is 0 Å². The Labute approximate surface area is 514 Å². The first-order valence-corrected chi connectivity index (χ1v) is 35.4. The first-order chi connectivity index (χ1) is 41.0. The topological polar surface area (TPSA) is 78.9 Å². The first-order valence-electron chi connectivity index (χ1n) is 35.4. The predicted octanol–water partition coefficient (Wildman–Crippen LogP) is 24.6. The molecule has 0 heterocycles. The lowest BCUT2D eigenvalue weighted by atomic mass is 10.0. The molecule has 1 atom stereocenters. The Morgan fingerprint density at radius 2 is 0.494 bits per heavy atom. The quantitative estimate of drug-likeness (QED) is 0.0261. The summed E-state index contributed by atoms with van der Waals surface area (Å²) in [6, 6.07) is 0. The molecule has 0 fully saturated rings. The minimum atomic E-state index is -0.787. The number of carbonyl (C=O) groups excluding carboxylic acids is 3. The molecule has 0 radical (unpaired) electrons. The fourth-order valence-corrected chi connectivity index (χ4v) is 9.99. The summed E-state index contributed by atoms with van der Waals surface area (Å²) < 4.78 is 17.0. The molecule has 0 aromatic carbocycles. The van der Waals surface area contributed by atoms with Crippen LogP contribution in [0, 0.1) is 0 Å². The number of hydrogen-bond acceptors (Lipinski definition) is 6. The van der Waals surface area contributed by atoms with Crippen molar-refractivity contribution in [2.24, 2.45) is 0 Å². The van der Waals surface area contributed by atoms with Crippen molar-refractivity contribution in [3.05, 3.63) is 109 Å². The van der Waals surface area contributed by atoms with E-state index in [1.165, 1.54) is 161 Å². The summed E-state index contributed by atoms with van der Waals surface area (Å²) in [7, 11) is 0. The van der Waals surface area contributed by atoms with Crippen LogP contribution in [0.25, 0.3) is 0 Å². The monoisotopic (exact) mass is 1150 g/mol. The lowest BCUT2D eigenvalue weighted by Crippen LogP contribution is -2.30. The second kappa shape index (κ2) is 70.6. The van der Waals surface area contributed by atoms with Gasteiger partial charge in [-0.05, 0) is 103 Å². The van der Waals surface area contributed by atoms with Gasteiger partial charge in [-0.25, -0.2) is 0 Å². The van der Waals surface area contributed by atoms with Crippen LogP contribution in [0.4, 0.5) is 0 Å². The molecular formula is C77H132O6. The third kappa shape index (κ3) is 68.7. The van der Waals surface area contributed by atoms with Crippen molar-refractivity contribution in [2.75, 3.05) is 13.2 Å². The Balaban J connectivity index is 4.28. The zero-order valence-corrected chi connectivity index (χ0v) is 54.7. The fourth-order valence-electron chi connectivity index (χ4n) is 9.99. The third-order valence-corrected chi connectivity index (χ3v) is 15.2. The molecule has 0 rings (SSSR count). The Morgan fingerprint density at radius 3 is 0.783 bits per heavy atom. The molecule has 0 aliphatic carbocycles. The van der Waals surface area contributed by atoms with Crippen molar-refractivity contribution in [1.82, 2.24) is 0 Å². The number of esters is 3. The van der Waals surface area contributed by atoms with Crippen LogP contribution in [0.5, 0.6) is 0 Å². The van der Waals surface area contributed by atoms with Gasteiger partial charge >= 0.3 is 17.9 Å². The van der Waals surface area contributed by atoms with Gasteiger partial charge in [0, 0.05) is 19.3 Å². The Hall–Kier alpha value is -3.93.